The van der Waals surface area contributed by atoms with Crippen LogP contribution in [-0.4, -0.2) is 40.2 Å². The first-order chi connectivity index (χ1) is 9.91. The molecular weight excluding hydrogens is 270 g/mol. The van der Waals surface area contributed by atoms with Crippen LogP contribution in [0.15, 0.2) is 0 Å². The molecule has 2 heterocycles. The van der Waals surface area contributed by atoms with E-state index >= 15 is 0 Å². The molecule has 0 amide bonds. The molecule has 7 nitrogen and oxygen atoms in total. The average molecular weight is 295 g/mol. The summed E-state index contributed by atoms with van der Waals surface area (Å²) in [4.78, 5) is 17.2. The van der Waals surface area contributed by atoms with Gasteiger partial charge in [0.2, 0.25) is 11.6 Å². The van der Waals surface area contributed by atoms with Gasteiger partial charge in [0, 0.05) is 26.6 Å². The van der Waals surface area contributed by atoms with Crippen LogP contribution in [0.25, 0.3) is 0 Å². The lowest BCUT2D eigenvalue weighted by Crippen LogP contribution is -2.40. The quantitative estimate of drug-likeness (QED) is 0.662. The van der Waals surface area contributed by atoms with Gasteiger partial charge in [0.25, 0.3) is 0 Å². The van der Waals surface area contributed by atoms with Gasteiger partial charge in [-0.05, 0) is 55.6 Å². The van der Waals surface area contributed by atoms with E-state index in [4.69, 9.17) is 0 Å². The Bertz CT molecular complexity index is 506. The van der Waals surface area contributed by atoms with E-state index in [1.165, 1.54) is 0 Å². The maximum absolute atomic E-state index is 11.3. The largest absolute Gasteiger partial charge is 0.406 e. The zero-order chi connectivity index (χ0) is 15.6. The van der Waals surface area contributed by atoms with Crippen LogP contribution in [0.5, 0.6) is 0 Å². The Morgan fingerprint density at radius 2 is 2.10 bits per heavy atom. The number of rotatable bonds is 5. The SMILES string of the molecule is Cc1nc([N+](=O)[O-])c(N(CC2CCNCC2)C(C)C)n1C. The smallest absolute Gasteiger partial charge is 0.358 e. The van der Waals surface area contributed by atoms with Crippen molar-refractivity contribution in [1.29, 1.82) is 0 Å². The summed E-state index contributed by atoms with van der Waals surface area (Å²) in [6.45, 7) is 8.87. The van der Waals surface area contributed by atoms with Crippen LogP contribution >= 0.6 is 0 Å². The Balaban J connectivity index is 2.31. The molecule has 1 aliphatic rings. The summed E-state index contributed by atoms with van der Waals surface area (Å²) in [6, 6.07) is 0.202. The van der Waals surface area contributed by atoms with Crippen LogP contribution in [0.3, 0.4) is 0 Å². The normalized spacial score (nSPS) is 16.4. The fraction of sp³-hybridized carbons (Fsp3) is 0.786. The van der Waals surface area contributed by atoms with Crippen molar-refractivity contribution in [2.75, 3.05) is 24.5 Å². The lowest BCUT2D eigenvalue weighted by molar-refractivity contribution is -0.388. The summed E-state index contributed by atoms with van der Waals surface area (Å²) in [5, 5.41) is 14.7. The highest BCUT2D eigenvalue weighted by Gasteiger charge is 2.31. The minimum absolute atomic E-state index is 0.0300. The van der Waals surface area contributed by atoms with Crippen LogP contribution in [0.1, 0.15) is 32.5 Å². The molecule has 1 fully saturated rings. The zero-order valence-corrected chi connectivity index (χ0v) is 13.3. The maximum Gasteiger partial charge on any atom is 0.406 e. The summed E-state index contributed by atoms with van der Waals surface area (Å²) in [5.41, 5.74) is 0. The second kappa shape index (κ2) is 6.43. The molecule has 1 aromatic rings. The van der Waals surface area contributed by atoms with Gasteiger partial charge in [-0.2, -0.15) is 0 Å². The predicted octanol–water partition coefficient (Wildman–Crippen LogP) is 1.85. The number of imidazole rings is 1. The van der Waals surface area contributed by atoms with Crippen LogP contribution < -0.4 is 10.2 Å². The number of nitro groups is 1. The number of aromatic nitrogens is 2. The lowest BCUT2D eigenvalue weighted by Gasteiger charge is -2.33. The third-order valence-electron chi connectivity index (χ3n) is 4.25. The van der Waals surface area contributed by atoms with Gasteiger partial charge >= 0.3 is 5.82 Å². The Kier molecular flexibility index (Phi) is 4.82. The highest BCUT2D eigenvalue weighted by molar-refractivity contribution is 5.56. The van der Waals surface area contributed by atoms with E-state index in [2.05, 4.69) is 29.0 Å². The van der Waals surface area contributed by atoms with Crippen molar-refractivity contribution in [3.05, 3.63) is 15.9 Å². The first-order valence-corrected chi connectivity index (χ1v) is 7.56. The number of piperidine rings is 1. The van der Waals surface area contributed by atoms with E-state index in [0.29, 0.717) is 17.6 Å². The van der Waals surface area contributed by atoms with Crippen molar-refractivity contribution < 1.29 is 4.92 Å². The molecule has 1 aromatic heterocycles. The molecule has 0 bridgehead atoms. The van der Waals surface area contributed by atoms with E-state index in [-0.39, 0.29) is 16.8 Å². The summed E-state index contributed by atoms with van der Waals surface area (Å²) < 4.78 is 1.83. The summed E-state index contributed by atoms with van der Waals surface area (Å²) >= 11 is 0. The molecule has 1 N–H and O–H groups in total. The zero-order valence-electron chi connectivity index (χ0n) is 13.3. The van der Waals surface area contributed by atoms with E-state index < -0.39 is 0 Å². The number of nitrogens with zero attached hydrogens (tertiary/aromatic N) is 4. The molecule has 0 unspecified atom stereocenters. The first kappa shape index (κ1) is 15.8. The summed E-state index contributed by atoms with van der Waals surface area (Å²) in [5.74, 6) is 1.85. The molecule has 0 aliphatic carbocycles. The molecule has 0 atom stereocenters. The highest BCUT2D eigenvalue weighted by atomic mass is 16.6. The van der Waals surface area contributed by atoms with Crippen molar-refractivity contribution in [2.24, 2.45) is 13.0 Å². The molecule has 2 rings (SSSR count). The molecule has 0 saturated carbocycles. The van der Waals surface area contributed by atoms with Crippen LogP contribution in [-0.2, 0) is 7.05 Å². The molecule has 0 aromatic carbocycles. The Morgan fingerprint density at radius 3 is 2.62 bits per heavy atom. The number of hydrogen-bond donors (Lipinski definition) is 1. The average Bonchev–Trinajstić information content (AvgIpc) is 2.73. The van der Waals surface area contributed by atoms with E-state index in [9.17, 15) is 10.1 Å². The van der Waals surface area contributed by atoms with Gasteiger partial charge in [-0.25, -0.2) is 0 Å². The standard InChI is InChI=1S/C14H25N5O2/c1-10(2)18(9-12-5-7-15-8-6-12)14-13(19(20)21)16-11(3)17(14)4/h10,12,15H,5-9H2,1-4H3. The topological polar surface area (TPSA) is 76.2 Å². The van der Waals surface area contributed by atoms with Gasteiger partial charge in [0.15, 0.2) is 0 Å². The highest BCUT2D eigenvalue weighted by Crippen LogP contribution is 2.31. The fourth-order valence-corrected chi connectivity index (χ4v) is 2.91. The van der Waals surface area contributed by atoms with Gasteiger partial charge in [-0.3, -0.25) is 4.57 Å². The Labute approximate surface area is 125 Å². The number of anilines is 1. The van der Waals surface area contributed by atoms with Gasteiger partial charge < -0.3 is 20.3 Å². The number of nitrogens with one attached hydrogen (secondary N) is 1. The molecule has 1 aliphatic heterocycles. The Hall–Kier alpha value is -1.63. The monoisotopic (exact) mass is 295 g/mol. The maximum atomic E-state index is 11.3. The van der Waals surface area contributed by atoms with Gasteiger partial charge in [0.05, 0.1) is 0 Å². The van der Waals surface area contributed by atoms with Crippen molar-refractivity contribution in [1.82, 2.24) is 14.9 Å². The van der Waals surface area contributed by atoms with Crippen molar-refractivity contribution in [2.45, 2.75) is 39.7 Å². The van der Waals surface area contributed by atoms with Crippen molar-refractivity contribution >= 4 is 11.6 Å². The lowest BCUT2D eigenvalue weighted by atomic mass is 9.97. The summed E-state index contributed by atoms with van der Waals surface area (Å²) in [6.07, 6.45) is 2.24. The molecule has 0 radical (unpaired) electrons. The molecule has 21 heavy (non-hydrogen) atoms. The minimum atomic E-state index is -0.375. The van der Waals surface area contributed by atoms with Crippen LogP contribution in [0, 0.1) is 23.0 Å². The predicted molar refractivity (Wildman–Crippen MR) is 82.7 cm³/mol. The van der Waals surface area contributed by atoms with Crippen molar-refractivity contribution in [3.63, 3.8) is 0 Å². The molecule has 7 heteroatoms. The Morgan fingerprint density at radius 1 is 1.48 bits per heavy atom. The van der Waals surface area contributed by atoms with E-state index in [1.54, 1.807) is 6.92 Å². The molecular formula is C14H25N5O2. The van der Waals surface area contributed by atoms with E-state index in [0.717, 1.165) is 32.5 Å². The van der Waals surface area contributed by atoms with Crippen LogP contribution in [0.2, 0.25) is 0 Å². The van der Waals surface area contributed by atoms with Gasteiger partial charge in [-0.1, -0.05) is 0 Å². The van der Waals surface area contributed by atoms with Crippen LogP contribution in [0.4, 0.5) is 11.6 Å². The summed E-state index contributed by atoms with van der Waals surface area (Å²) in [7, 11) is 1.85. The fourth-order valence-electron chi connectivity index (χ4n) is 2.91. The molecule has 118 valence electrons. The second-order valence-corrected chi connectivity index (χ2v) is 6.06. The van der Waals surface area contributed by atoms with Gasteiger partial charge in [0.1, 0.15) is 0 Å². The first-order valence-electron chi connectivity index (χ1n) is 7.56. The van der Waals surface area contributed by atoms with Gasteiger partial charge in [-0.15, -0.1) is 0 Å². The molecule has 1 saturated heterocycles. The third kappa shape index (κ3) is 3.34. The third-order valence-corrected chi connectivity index (χ3v) is 4.25. The van der Waals surface area contributed by atoms with E-state index in [1.807, 2.05) is 11.6 Å². The van der Waals surface area contributed by atoms with Crippen molar-refractivity contribution in [3.8, 4) is 0 Å². The molecule has 0 spiro atoms. The number of aryl methyl sites for hydroxylation is 1. The number of hydrogen-bond acceptors (Lipinski definition) is 5. The minimum Gasteiger partial charge on any atom is -0.358 e. The second-order valence-electron chi connectivity index (χ2n) is 6.06.